The fraction of sp³-hybridized carbons (Fsp3) is 0.778. The van der Waals surface area contributed by atoms with Gasteiger partial charge in [0.05, 0.1) is 12.4 Å². The molecular weight excluding hydrogens is 214 g/mol. The Balaban J connectivity index is 2.48. The highest BCUT2D eigenvalue weighted by Crippen LogP contribution is 2.16. The van der Waals surface area contributed by atoms with E-state index in [4.69, 9.17) is 15.0 Å². The normalized spacial score (nSPS) is 13.4. The van der Waals surface area contributed by atoms with Crippen LogP contribution in [0, 0.1) is 0 Å². The van der Waals surface area contributed by atoms with Crippen molar-refractivity contribution in [2.75, 3.05) is 13.7 Å². The smallest absolute Gasteiger partial charge is 0.245 e. The summed E-state index contributed by atoms with van der Waals surface area (Å²) in [6.45, 7) is 4.64. The molecule has 1 aromatic heterocycles. The molecule has 0 amide bonds. The molecular formula is C9H17N3O2S. The van der Waals surface area contributed by atoms with Crippen LogP contribution in [0.4, 0.5) is 0 Å². The fourth-order valence-corrected chi connectivity index (χ4v) is 1.57. The first-order valence-corrected chi connectivity index (χ1v) is 5.87. The molecule has 0 bridgehead atoms. The summed E-state index contributed by atoms with van der Waals surface area (Å²) < 4.78 is 9.94. The third-order valence-electron chi connectivity index (χ3n) is 1.69. The summed E-state index contributed by atoms with van der Waals surface area (Å²) in [6.07, 6.45) is 0. The van der Waals surface area contributed by atoms with Crippen molar-refractivity contribution in [1.82, 2.24) is 10.1 Å². The largest absolute Gasteiger partial charge is 0.383 e. The number of hydrogen-bond acceptors (Lipinski definition) is 6. The Bertz CT molecular complexity index is 291. The Morgan fingerprint density at radius 2 is 2.27 bits per heavy atom. The molecule has 0 radical (unpaired) electrons. The van der Waals surface area contributed by atoms with Gasteiger partial charge in [0.1, 0.15) is 6.04 Å². The third-order valence-corrected chi connectivity index (χ3v) is 2.78. The van der Waals surface area contributed by atoms with E-state index in [0.717, 1.165) is 5.75 Å². The molecule has 15 heavy (non-hydrogen) atoms. The first-order chi connectivity index (χ1) is 7.13. The van der Waals surface area contributed by atoms with Crippen LogP contribution in [0.5, 0.6) is 0 Å². The van der Waals surface area contributed by atoms with Crippen LogP contribution in [-0.4, -0.2) is 29.1 Å². The maximum atomic E-state index is 5.75. The van der Waals surface area contributed by atoms with E-state index in [1.54, 1.807) is 18.9 Å². The SMILES string of the molecule is COCC(N)c1nc(CSC(C)C)no1. The van der Waals surface area contributed by atoms with Crippen molar-refractivity contribution in [1.29, 1.82) is 0 Å². The lowest BCUT2D eigenvalue weighted by molar-refractivity contribution is 0.166. The standard InChI is InChI=1S/C9H17N3O2S/c1-6(2)15-5-8-11-9(14-12-8)7(10)4-13-3/h6-7H,4-5,10H2,1-3H3. The lowest BCUT2D eigenvalue weighted by Crippen LogP contribution is -2.16. The van der Waals surface area contributed by atoms with Crippen molar-refractivity contribution >= 4 is 11.8 Å². The molecule has 0 saturated carbocycles. The molecule has 0 saturated heterocycles. The van der Waals surface area contributed by atoms with E-state index in [2.05, 4.69) is 24.0 Å². The van der Waals surface area contributed by atoms with Gasteiger partial charge in [0.25, 0.3) is 0 Å². The van der Waals surface area contributed by atoms with Crippen LogP contribution in [0.2, 0.25) is 0 Å². The summed E-state index contributed by atoms with van der Waals surface area (Å²) >= 11 is 1.77. The highest BCUT2D eigenvalue weighted by Gasteiger charge is 2.14. The lowest BCUT2D eigenvalue weighted by atomic mass is 10.3. The fourth-order valence-electron chi connectivity index (χ4n) is 0.969. The molecule has 1 unspecified atom stereocenters. The predicted octanol–water partition coefficient (Wildman–Crippen LogP) is 1.36. The van der Waals surface area contributed by atoms with Crippen LogP contribution >= 0.6 is 11.8 Å². The van der Waals surface area contributed by atoms with Gasteiger partial charge in [-0.15, -0.1) is 0 Å². The van der Waals surface area contributed by atoms with E-state index < -0.39 is 0 Å². The second-order valence-electron chi connectivity index (χ2n) is 3.47. The summed E-state index contributed by atoms with van der Waals surface area (Å²) in [7, 11) is 1.59. The summed E-state index contributed by atoms with van der Waals surface area (Å²) in [4.78, 5) is 4.20. The second-order valence-corrected chi connectivity index (χ2v) is 5.04. The number of thioether (sulfide) groups is 1. The van der Waals surface area contributed by atoms with Gasteiger partial charge in [-0.1, -0.05) is 19.0 Å². The first kappa shape index (κ1) is 12.5. The van der Waals surface area contributed by atoms with Gasteiger partial charge in [0.2, 0.25) is 5.89 Å². The highest BCUT2D eigenvalue weighted by atomic mass is 32.2. The minimum absolute atomic E-state index is 0.333. The lowest BCUT2D eigenvalue weighted by Gasteiger charge is -2.03. The summed E-state index contributed by atoms with van der Waals surface area (Å²) in [5.74, 6) is 1.88. The van der Waals surface area contributed by atoms with Crippen LogP contribution < -0.4 is 5.73 Å². The molecule has 2 N–H and O–H groups in total. The zero-order valence-electron chi connectivity index (χ0n) is 9.27. The van der Waals surface area contributed by atoms with E-state index in [1.165, 1.54) is 0 Å². The van der Waals surface area contributed by atoms with Crippen molar-refractivity contribution in [3.63, 3.8) is 0 Å². The summed E-state index contributed by atoms with van der Waals surface area (Å²) in [5.41, 5.74) is 5.75. The van der Waals surface area contributed by atoms with Crippen molar-refractivity contribution < 1.29 is 9.26 Å². The molecule has 0 spiro atoms. The Morgan fingerprint density at radius 1 is 1.53 bits per heavy atom. The number of aromatic nitrogens is 2. The Hall–Kier alpha value is -0.590. The number of methoxy groups -OCH3 is 1. The minimum Gasteiger partial charge on any atom is -0.383 e. The van der Waals surface area contributed by atoms with E-state index in [1.807, 2.05) is 0 Å². The van der Waals surface area contributed by atoms with Crippen molar-refractivity contribution in [3.05, 3.63) is 11.7 Å². The molecule has 0 aliphatic rings. The number of ether oxygens (including phenoxy) is 1. The van der Waals surface area contributed by atoms with Crippen LogP contribution in [-0.2, 0) is 10.5 Å². The van der Waals surface area contributed by atoms with E-state index in [0.29, 0.717) is 23.6 Å². The quantitative estimate of drug-likeness (QED) is 0.796. The van der Waals surface area contributed by atoms with Gasteiger partial charge in [-0.2, -0.15) is 16.7 Å². The number of rotatable bonds is 6. The highest BCUT2D eigenvalue weighted by molar-refractivity contribution is 7.99. The predicted molar refractivity (Wildman–Crippen MR) is 59.5 cm³/mol. The number of nitrogens with zero attached hydrogens (tertiary/aromatic N) is 2. The van der Waals surface area contributed by atoms with Crippen LogP contribution in [0.25, 0.3) is 0 Å². The van der Waals surface area contributed by atoms with Crippen LogP contribution in [0.1, 0.15) is 31.6 Å². The topological polar surface area (TPSA) is 74.2 Å². The molecule has 0 aliphatic carbocycles. The van der Waals surface area contributed by atoms with Gasteiger partial charge in [-0.05, 0) is 5.25 Å². The first-order valence-electron chi connectivity index (χ1n) is 4.82. The van der Waals surface area contributed by atoms with Gasteiger partial charge in [-0.3, -0.25) is 0 Å². The third kappa shape index (κ3) is 4.19. The van der Waals surface area contributed by atoms with Gasteiger partial charge in [0, 0.05) is 7.11 Å². The monoisotopic (exact) mass is 231 g/mol. The maximum Gasteiger partial charge on any atom is 0.245 e. The van der Waals surface area contributed by atoms with E-state index in [9.17, 15) is 0 Å². The molecule has 0 fully saturated rings. The Labute approximate surface area is 93.7 Å². The zero-order chi connectivity index (χ0) is 11.3. The Kier molecular flexibility index (Phi) is 5.07. The van der Waals surface area contributed by atoms with Crippen molar-refractivity contribution in [2.24, 2.45) is 5.73 Å². The molecule has 1 aromatic rings. The number of nitrogens with two attached hydrogens (primary N) is 1. The molecule has 6 heteroatoms. The van der Waals surface area contributed by atoms with E-state index in [-0.39, 0.29) is 6.04 Å². The average Bonchev–Trinajstić information content (AvgIpc) is 2.63. The Morgan fingerprint density at radius 3 is 2.87 bits per heavy atom. The molecule has 1 atom stereocenters. The van der Waals surface area contributed by atoms with Gasteiger partial charge < -0.3 is 15.0 Å². The van der Waals surface area contributed by atoms with Gasteiger partial charge in [0.15, 0.2) is 5.82 Å². The van der Waals surface area contributed by atoms with Gasteiger partial charge in [-0.25, -0.2) is 0 Å². The van der Waals surface area contributed by atoms with Crippen molar-refractivity contribution in [3.8, 4) is 0 Å². The number of hydrogen-bond donors (Lipinski definition) is 1. The summed E-state index contributed by atoms with van der Waals surface area (Å²) in [5, 5.41) is 4.40. The molecule has 5 nitrogen and oxygen atoms in total. The molecule has 86 valence electrons. The van der Waals surface area contributed by atoms with Crippen LogP contribution in [0.3, 0.4) is 0 Å². The molecule has 1 heterocycles. The molecule has 1 rings (SSSR count). The zero-order valence-corrected chi connectivity index (χ0v) is 10.1. The van der Waals surface area contributed by atoms with Gasteiger partial charge >= 0.3 is 0 Å². The van der Waals surface area contributed by atoms with Crippen LogP contribution in [0.15, 0.2) is 4.52 Å². The minimum atomic E-state index is -0.333. The maximum absolute atomic E-state index is 5.75. The second kappa shape index (κ2) is 6.09. The molecule has 0 aliphatic heterocycles. The summed E-state index contributed by atoms with van der Waals surface area (Å²) in [6, 6.07) is -0.333. The average molecular weight is 231 g/mol. The van der Waals surface area contributed by atoms with E-state index >= 15 is 0 Å². The van der Waals surface area contributed by atoms with Crippen molar-refractivity contribution in [2.45, 2.75) is 30.9 Å². The molecule has 0 aromatic carbocycles.